The fraction of sp³-hybridized carbons (Fsp3) is 0.632. The van der Waals surface area contributed by atoms with Crippen LogP contribution in [0.25, 0.3) is 0 Å². The predicted molar refractivity (Wildman–Crippen MR) is 97.6 cm³/mol. The van der Waals surface area contributed by atoms with E-state index in [2.05, 4.69) is 5.32 Å². The van der Waals surface area contributed by atoms with Crippen molar-refractivity contribution in [3.05, 3.63) is 29.8 Å². The summed E-state index contributed by atoms with van der Waals surface area (Å²) in [5.74, 6) is 2.26. The molecule has 3 N–H and O–H groups in total. The Labute approximate surface area is 145 Å². The average molecular weight is 337 g/mol. The van der Waals surface area contributed by atoms with Crippen molar-refractivity contribution in [1.29, 1.82) is 0 Å². The molecule has 2 aliphatic rings. The Kier molecular flexibility index (Phi) is 6.76. The molecular formula is C19H29ClN2O. The normalized spacial score (nSPS) is 26.7. The Balaban J connectivity index is 0.00000192. The van der Waals surface area contributed by atoms with Gasteiger partial charge in [0.15, 0.2) is 0 Å². The minimum atomic E-state index is 0. The smallest absolute Gasteiger partial charge is 0.223 e. The van der Waals surface area contributed by atoms with Crippen LogP contribution < -0.4 is 11.1 Å². The summed E-state index contributed by atoms with van der Waals surface area (Å²) in [4.78, 5) is 12.4. The van der Waals surface area contributed by atoms with Gasteiger partial charge in [-0.2, -0.15) is 0 Å². The summed E-state index contributed by atoms with van der Waals surface area (Å²) in [6.45, 7) is 0.730. The van der Waals surface area contributed by atoms with Crippen LogP contribution in [-0.4, -0.2) is 12.5 Å². The minimum absolute atomic E-state index is 0. The first kappa shape index (κ1) is 18.1. The summed E-state index contributed by atoms with van der Waals surface area (Å²) in [5.41, 5.74) is 7.70. The van der Waals surface area contributed by atoms with E-state index in [9.17, 15) is 4.79 Å². The highest BCUT2D eigenvalue weighted by Gasteiger charge is 2.34. The molecule has 4 heteroatoms. The molecule has 0 bridgehead atoms. The van der Waals surface area contributed by atoms with Crippen molar-refractivity contribution in [2.24, 2.45) is 17.8 Å². The van der Waals surface area contributed by atoms with E-state index in [4.69, 9.17) is 5.73 Å². The van der Waals surface area contributed by atoms with Crippen LogP contribution in [0.1, 0.15) is 50.5 Å². The van der Waals surface area contributed by atoms with Crippen molar-refractivity contribution in [3.8, 4) is 0 Å². The van der Waals surface area contributed by atoms with Crippen LogP contribution in [0.5, 0.6) is 0 Å². The second kappa shape index (κ2) is 8.58. The molecule has 1 aromatic rings. The van der Waals surface area contributed by atoms with Gasteiger partial charge in [-0.05, 0) is 55.2 Å². The van der Waals surface area contributed by atoms with Crippen LogP contribution in [0.2, 0.25) is 0 Å². The summed E-state index contributed by atoms with van der Waals surface area (Å²) in [6, 6.07) is 7.91. The molecule has 1 aromatic carbocycles. The van der Waals surface area contributed by atoms with Crippen LogP contribution >= 0.6 is 12.4 Å². The molecule has 0 heterocycles. The zero-order valence-electron chi connectivity index (χ0n) is 13.8. The van der Waals surface area contributed by atoms with Gasteiger partial charge in [-0.1, -0.05) is 37.8 Å². The summed E-state index contributed by atoms with van der Waals surface area (Å²) in [6.07, 6.45) is 9.88. The second-order valence-corrected chi connectivity index (χ2v) is 7.10. The number of anilines is 1. The maximum Gasteiger partial charge on any atom is 0.223 e. The lowest BCUT2D eigenvalue weighted by Gasteiger charge is -2.38. The maximum absolute atomic E-state index is 12.4. The van der Waals surface area contributed by atoms with Crippen molar-refractivity contribution in [2.75, 3.05) is 12.3 Å². The van der Waals surface area contributed by atoms with Gasteiger partial charge >= 0.3 is 0 Å². The fourth-order valence-electron chi connectivity index (χ4n) is 4.27. The predicted octanol–water partition coefficient (Wildman–Crippen LogP) is 3.96. The summed E-state index contributed by atoms with van der Waals surface area (Å²) in [5, 5.41) is 3.14. The number of nitrogen functional groups attached to an aromatic ring is 1. The quantitative estimate of drug-likeness (QED) is 0.818. The molecule has 0 radical (unpaired) electrons. The lowest BCUT2D eigenvalue weighted by molar-refractivity contribution is -0.127. The lowest BCUT2D eigenvalue weighted by Crippen LogP contribution is -2.38. The standard InChI is InChI=1S/C19H28N2O.ClH/c20-18-9-5-14(6-10-18)11-12-21-19(22)17-8-7-15-3-1-2-4-16(15)13-17;/h5-6,9-10,15-17H,1-4,7-8,11-13,20H2,(H,21,22);1H. The number of hydrogen-bond acceptors (Lipinski definition) is 2. The zero-order chi connectivity index (χ0) is 15.4. The molecule has 0 aromatic heterocycles. The molecule has 0 aliphatic heterocycles. The number of amides is 1. The molecule has 0 spiro atoms. The number of nitrogens with one attached hydrogen (secondary N) is 1. The van der Waals surface area contributed by atoms with E-state index in [1.54, 1.807) is 0 Å². The largest absolute Gasteiger partial charge is 0.399 e. The second-order valence-electron chi connectivity index (χ2n) is 7.10. The Morgan fingerprint density at radius 3 is 2.48 bits per heavy atom. The number of halogens is 1. The number of carbonyl (C=O) groups excluding carboxylic acids is 1. The number of hydrogen-bond donors (Lipinski definition) is 2. The summed E-state index contributed by atoms with van der Waals surface area (Å²) >= 11 is 0. The third-order valence-electron chi connectivity index (χ3n) is 5.60. The van der Waals surface area contributed by atoms with Crippen molar-refractivity contribution < 1.29 is 4.79 Å². The van der Waals surface area contributed by atoms with Gasteiger partial charge < -0.3 is 11.1 Å². The first-order valence-electron chi connectivity index (χ1n) is 8.84. The van der Waals surface area contributed by atoms with Gasteiger partial charge in [-0.3, -0.25) is 4.79 Å². The van der Waals surface area contributed by atoms with Gasteiger partial charge in [0.2, 0.25) is 5.91 Å². The van der Waals surface area contributed by atoms with Gasteiger partial charge in [0.1, 0.15) is 0 Å². The Morgan fingerprint density at radius 2 is 1.74 bits per heavy atom. The monoisotopic (exact) mass is 336 g/mol. The molecule has 2 saturated carbocycles. The van der Waals surface area contributed by atoms with Crippen LogP contribution in [0, 0.1) is 17.8 Å². The third-order valence-corrected chi connectivity index (χ3v) is 5.60. The molecule has 2 aliphatic carbocycles. The number of carbonyl (C=O) groups is 1. The summed E-state index contributed by atoms with van der Waals surface area (Å²) < 4.78 is 0. The van der Waals surface area contributed by atoms with Gasteiger partial charge in [-0.25, -0.2) is 0 Å². The zero-order valence-corrected chi connectivity index (χ0v) is 14.6. The number of fused-ring (bicyclic) bond motifs is 1. The first-order valence-corrected chi connectivity index (χ1v) is 8.84. The highest BCUT2D eigenvalue weighted by molar-refractivity contribution is 5.85. The molecule has 3 unspecified atom stereocenters. The maximum atomic E-state index is 12.4. The van der Waals surface area contributed by atoms with Gasteiger partial charge in [0, 0.05) is 18.2 Å². The third kappa shape index (κ3) is 4.87. The lowest BCUT2D eigenvalue weighted by atomic mass is 9.67. The van der Waals surface area contributed by atoms with Crippen LogP contribution in [0.15, 0.2) is 24.3 Å². The fourth-order valence-corrected chi connectivity index (χ4v) is 4.27. The Hall–Kier alpha value is -1.22. The molecule has 1 amide bonds. The number of benzene rings is 1. The molecule has 2 fully saturated rings. The van der Waals surface area contributed by atoms with E-state index < -0.39 is 0 Å². The molecular weight excluding hydrogens is 308 g/mol. The molecule has 128 valence electrons. The van der Waals surface area contributed by atoms with E-state index in [-0.39, 0.29) is 24.2 Å². The molecule has 23 heavy (non-hydrogen) atoms. The van der Waals surface area contributed by atoms with Gasteiger partial charge in [0.05, 0.1) is 0 Å². The van der Waals surface area contributed by atoms with E-state index >= 15 is 0 Å². The molecule has 3 rings (SSSR count). The molecule has 3 nitrogen and oxygen atoms in total. The van der Waals surface area contributed by atoms with Crippen LogP contribution in [0.4, 0.5) is 5.69 Å². The topological polar surface area (TPSA) is 55.1 Å². The van der Waals surface area contributed by atoms with Crippen molar-refractivity contribution >= 4 is 24.0 Å². The SMILES string of the molecule is Cl.Nc1ccc(CCNC(=O)C2CCC3CCCCC3C2)cc1. The van der Waals surface area contributed by atoms with Crippen LogP contribution in [-0.2, 0) is 11.2 Å². The van der Waals surface area contributed by atoms with Crippen molar-refractivity contribution in [3.63, 3.8) is 0 Å². The van der Waals surface area contributed by atoms with Gasteiger partial charge in [-0.15, -0.1) is 12.4 Å². The Bertz CT molecular complexity index is 503. The average Bonchev–Trinajstić information content (AvgIpc) is 2.56. The van der Waals surface area contributed by atoms with Crippen molar-refractivity contribution in [2.45, 2.75) is 51.4 Å². The highest BCUT2D eigenvalue weighted by Crippen LogP contribution is 2.42. The first-order chi connectivity index (χ1) is 10.7. The minimum Gasteiger partial charge on any atom is -0.399 e. The summed E-state index contributed by atoms with van der Waals surface area (Å²) in [7, 11) is 0. The molecule has 0 saturated heterocycles. The van der Waals surface area contributed by atoms with E-state index in [0.29, 0.717) is 0 Å². The van der Waals surface area contributed by atoms with E-state index in [1.807, 2.05) is 24.3 Å². The van der Waals surface area contributed by atoms with E-state index in [0.717, 1.165) is 43.3 Å². The number of rotatable bonds is 4. The molecule has 3 atom stereocenters. The van der Waals surface area contributed by atoms with Crippen molar-refractivity contribution in [1.82, 2.24) is 5.32 Å². The highest BCUT2D eigenvalue weighted by atomic mass is 35.5. The van der Waals surface area contributed by atoms with Crippen LogP contribution in [0.3, 0.4) is 0 Å². The Morgan fingerprint density at radius 1 is 1.04 bits per heavy atom. The van der Waals surface area contributed by atoms with Gasteiger partial charge in [0.25, 0.3) is 0 Å². The van der Waals surface area contributed by atoms with E-state index in [1.165, 1.54) is 37.7 Å². The number of nitrogens with two attached hydrogens (primary N) is 1.